The van der Waals surface area contributed by atoms with E-state index in [9.17, 15) is 0 Å². The lowest BCUT2D eigenvalue weighted by Crippen LogP contribution is -2.30. The topological polar surface area (TPSA) is 60.2 Å². The van der Waals surface area contributed by atoms with Crippen LogP contribution in [0.4, 0.5) is 0 Å². The van der Waals surface area contributed by atoms with Crippen molar-refractivity contribution in [3.8, 4) is 0 Å². The molecule has 0 radical (unpaired) electrons. The SMILES string of the molecule is C1CCC(Cc2noc(C3CC4CCCCC4N3)n2)OC1. The van der Waals surface area contributed by atoms with Gasteiger partial charge in [-0.2, -0.15) is 4.98 Å². The molecule has 0 bridgehead atoms. The Hall–Kier alpha value is -0.940. The molecular formula is C16H25N3O2. The first-order valence-corrected chi connectivity index (χ1v) is 8.58. The molecule has 3 heterocycles. The number of nitrogens with one attached hydrogen (secondary N) is 1. The van der Waals surface area contributed by atoms with E-state index >= 15 is 0 Å². The summed E-state index contributed by atoms with van der Waals surface area (Å²) in [6, 6.07) is 0.937. The van der Waals surface area contributed by atoms with Crippen LogP contribution in [0.3, 0.4) is 0 Å². The first-order valence-electron chi connectivity index (χ1n) is 8.58. The van der Waals surface area contributed by atoms with Crippen LogP contribution in [0.2, 0.25) is 0 Å². The molecule has 1 saturated carbocycles. The fourth-order valence-electron chi connectivity index (χ4n) is 4.17. The van der Waals surface area contributed by atoms with Crippen LogP contribution in [0.15, 0.2) is 4.52 Å². The highest BCUT2D eigenvalue weighted by atomic mass is 16.5. The van der Waals surface area contributed by atoms with Gasteiger partial charge >= 0.3 is 0 Å². The summed E-state index contributed by atoms with van der Waals surface area (Å²) in [5.41, 5.74) is 0. The van der Waals surface area contributed by atoms with Gasteiger partial charge in [0.1, 0.15) is 0 Å². The van der Waals surface area contributed by atoms with Gasteiger partial charge in [-0.25, -0.2) is 0 Å². The van der Waals surface area contributed by atoms with Crippen molar-refractivity contribution in [2.45, 2.75) is 76.0 Å². The van der Waals surface area contributed by atoms with Gasteiger partial charge in [-0.05, 0) is 44.4 Å². The minimum atomic E-state index is 0.270. The van der Waals surface area contributed by atoms with E-state index in [0.717, 1.165) is 43.5 Å². The zero-order chi connectivity index (χ0) is 14.1. The van der Waals surface area contributed by atoms with Gasteiger partial charge in [0.2, 0.25) is 5.89 Å². The lowest BCUT2D eigenvalue weighted by Gasteiger charge is -2.24. The highest BCUT2D eigenvalue weighted by Crippen LogP contribution is 2.38. The quantitative estimate of drug-likeness (QED) is 0.928. The summed E-state index contributed by atoms with van der Waals surface area (Å²) in [4.78, 5) is 4.62. The molecule has 116 valence electrons. The maximum atomic E-state index is 5.76. The smallest absolute Gasteiger partial charge is 0.243 e. The Morgan fingerprint density at radius 3 is 2.86 bits per heavy atom. The number of rotatable bonds is 3. The Bertz CT molecular complexity index is 456. The summed E-state index contributed by atoms with van der Waals surface area (Å²) >= 11 is 0. The normalized spacial score (nSPS) is 36.6. The first kappa shape index (κ1) is 13.7. The van der Waals surface area contributed by atoms with Crippen molar-refractivity contribution in [2.24, 2.45) is 5.92 Å². The molecule has 2 aliphatic heterocycles. The summed E-state index contributed by atoms with van der Waals surface area (Å²) in [6.45, 7) is 0.878. The van der Waals surface area contributed by atoms with E-state index in [2.05, 4.69) is 15.5 Å². The largest absolute Gasteiger partial charge is 0.378 e. The molecule has 3 aliphatic rings. The van der Waals surface area contributed by atoms with Crippen molar-refractivity contribution in [2.75, 3.05) is 6.61 Å². The van der Waals surface area contributed by atoms with Crippen LogP contribution < -0.4 is 5.32 Å². The zero-order valence-corrected chi connectivity index (χ0v) is 12.6. The molecule has 1 N–H and O–H groups in total. The zero-order valence-electron chi connectivity index (χ0n) is 12.6. The second-order valence-electron chi connectivity index (χ2n) is 6.85. The number of aromatic nitrogens is 2. The van der Waals surface area contributed by atoms with E-state index in [1.807, 2.05) is 0 Å². The van der Waals surface area contributed by atoms with Gasteiger partial charge in [0.15, 0.2) is 5.82 Å². The van der Waals surface area contributed by atoms with Crippen LogP contribution in [0.1, 0.15) is 69.1 Å². The third-order valence-corrected chi connectivity index (χ3v) is 5.33. The van der Waals surface area contributed by atoms with Crippen molar-refractivity contribution < 1.29 is 9.26 Å². The minimum Gasteiger partial charge on any atom is -0.378 e. The molecule has 3 fully saturated rings. The molecule has 5 heteroatoms. The summed E-state index contributed by atoms with van der Waals surface area (Å²) in [5.74, 6) is 2.41. The van der Waals surface area contributed by atoms with Gasteiger partial charge in [0, 0.05) is 19.1 Å². The van der Waals surface area contributed by atoms with Crippen LogP contribution in [0.25, 0.3) is 0 Å². The lowest BCUT2D eigenvalue weighted by atomic mass is 9.85. The lowest BCUT2D eigenvalue weighted by molar-refractivity contribution is 0.0153. The Balaban J connectivity index is 1.38. The molecule has 1 aromatic heterocycles. The van der Waals surface area contributed by atoms with Crippen LogP contribution in [0, 0.1) is 5.92 Å². The van der Waals surface area contributed by atoms with Gasteiger partial charge < -0.3 is 14.6 Å². The molecule has 21 heavy (non-hydrogen) atoms. The average Bonchev–Trinajstić information content (AvgIpc) is 3.14. The molecule has 0 amide bonds. The molecule has 4 rings (SSSR count). The highest BCUT2D eigenvalue weighted by Gasteiger charge is 2.38. The third kappa shape index (κ3) is 2.99. The number of nitrogens with zero attached hydrogens (tertiary/aromatic N) is 2. The molecule has 5 nitrogen and oxygen atoms in total. The van der Waals surface area contributed by atoms with E-state index in [-0.39, 0.29) is 12.1 Å². The Kier molecular flexibility index (Phi) is 3.95. The van der Waals surface area contributed by atoms with Gasteiger partial charge in [0.25, 0.3) is 0 Å². The standard InChI is InChI=1S/C16H25N3O2/c1-2-7-13-11(5-1)9-14(17-13)16-18-15(19-21-16)10-12-6-3-4-8-20-12/h11-14,17H,1-10H2. The van der Waals surface area contributed by atoms with Crippen molar-refractivity contribution in [1.82, 2.24) is 15.5 Å². The molecule has 2 saturated heterocycles. The number of hydrogen-bond acceptors (Lipinski definition) is 5. The first-order chi connectivity index (χ1) is 10.4. The van der Waals surface area contributed by atoms with Crippen molar-refractivity contribution in [3.05, 3.63) is 11.7 Å². The van der Waals surface area contributed by atoms with Gasteiger partial charge in [-0.15, -0.1) is 0 Å². The van der Waals surface area contributed by atoms with E-state index in [0.29, 0.717) is 6.04 Å². The summed E-state index contributed by atoms with van der Waals surface area (Å²) in [7, 11) is 0. The molecular weight excluding hydrogens is 266 g/mol. The van der Waals surface area contributed by atoms with Crippen LogP contribution >= 0.6 is 0 Å². The summed E-state index contributed by atoms with van der Waals surface area (Å²) in [6.07, 6.45) is 11.2. The Labute approximate surface area is 125 Å². The predicted molar refractivity (Wildman–Crippen MR) is 77.8 cm³/mol. The van der Waals surface area contributed by atoms with Crippen molar-refractivity contribution in [1.29, 1.82) is 0 Å². The maximum absolute atomic E-state index is 5.76. The molecule has 1 aromatic rings. The number of ether oxygens (including phenoxy) is 1. The number of fused-ring (bicyclic) bond motifs is 1. The fourth-order valence-corrected chi connectivity index (χ4v) is 4.17. The Morgan fingerprint density at radius 1 is 1.10 bits per heavy atom. The number of hydrogen-bond donors (Lipinski definition) is 1. The highest BCUT2D eigenvalue weighted by molar-refractivity contribution is 5.02. The Morgan fingerprint density at radius 2 is 2.00 bits per heavy atom. The van der Waals surface area contributed by atoms with E-state index in [1.165, 1.54) is 38.5 Å². The molecule has 0 aromatic carbocycles. The maximum Gasteiger partial charge on any atom is 0.243 e. The van der Waals surface area contributed by atoms with Crippen LogP contribution in [0.5, 0.6) is 0 Å². The molecule has 0 spiro atoms. The molecule has 4 atom stereocenters. The second kappa shape index (κ2) is 6.05. The molecule has 1 aliphatic carbocycles. The van der Waals surface area contributed by atoms with E-state index in [4.69, 9.17) is 9.26 Å². The summed E-state index contributed by atoms with van der Waals surface area (Å²) < 4.78 is 11.3. The van der Waals surface area contributed by atoms with Gasteiger partial charge in [0.05, 0.1) is 12.1 Å². The third-order valence-electron chi connectivity index (χ3n) is 5.33. The summed E-state index contributed by atoms with van der Waals surface area (Å²) in [5, 5.41) is 7.86. The monoisotopic (exact) mass is 291 g/mol. The van der Waals surface area contributed by atoms with Gasteiger partial charge in [-0.3, -0.25) is 0 Å². The minimum absolute atomic E-state index is 0.270. The fraction of sp³-hybridized carbons (Fsp3) is 0.875. The average molecular weight is 291 g/mol. The van der Waals surface area contributed by atoms with Gasteiger partial charge in [-0.1, -0.05) is 18.0 Å². The predicted octanol–water partition coefficient (Wildman–Crippen LogP) is 2.77. The van der Waals surface area contributed by atoms with Crippen molar-refractivity contribution >= 4 is 0 Å². The van der Waals surface area contributed by atoms with Crippen molar-refractivity contribution in [3.63, 3.8) is 0 Å². The second-order valence-corrected chi connectivity index (χ2v) is 6.85. The van der Waals surface area contributed by atoms with Crippen LogP contribution in [-0.4, -0.2) is 28.9 Å². The molecule has 4 unspecified atom stereocenters. The van der Waals surface area contributed by atoms with E-state index < -0.39 is 0 Å². The van der Waals surface area contributed by atoms with Crippen LogP contribution in [-0.2, 0) is 11.2 Å². The van der Waals surface area contributed by atoms with E-state index in [1.54, 1.807) is 0 Å².